The molecular weight excluding hydrogens is 523 g/mol. The average Bonchev–Trinajstić information content (AvgIpc) is 2.66. The molecule has 0 aliphatic carbocycles. The Kier molecular flexibility index (Phi) is 7.62. The second-order valence-corrected chi connectivity index (χ2v) is 12.5. The van der Waals surface area contributed by atoms with Gasteiger partial charge in [0.15, 0.2) is 5.82 Å². The van der Waals surface area contributed by atoms with Gasteiger partial charge < -0.3 is 24.2 Å². The summed E-state index contributed by atoms with van der Waals surface area (Å²) in [6.07, 6.45) is 0.00668. The van der Waals surface area contributed by atoms with Gasteiger partial charge in [-0.3, -0.25) is 4.79 Å². The van der Waals surface area contributed by atoms with E-state index < -0.39 is 40.1 Å². The first kappa shape index (κ1) is 27.8. The van der Waals surface area contributed by atoms with E-state index in [0.717, 1.165) is 0 Å². The van der Waals surface area contributed by atoms with Crippen molar-refractivity contribution in [2.75, 3.05) is 19.8 Å². The van der Waals surface area contributed by atoms with Gasteiger partial charge in [-0.1, -0.05) is 0 Å². The smallest absolute Gasteiger partial charge is 0.410 e. The number of hydrogen-bond acceptors (Lipinski definition) is 7. The molecule has 10 heteroatoms. The summed E-state index contributed by atoms with van der Waals surface area (Å²) in [5.74, 6) is -1.13. The molecule has 1 aromatic rings. The van der Waals surface area contributed by atoms with Crippen LogP contribution in [0.25, 0.3) is 0 Å². The second-order valence-electron chi connectivity index (χ2n) is 11.7. The number of likely N-dealkylation sites (tertiary alicyclic amines) is 1. The zero-order valence-electron chi connectivity index (χ0n) is 21.5. The number of halogens is 2. The number of amides is 1. The Labute approximate surface area is 214 Å². The monoisotopic (exact) mass is 558 g/mol. The molecule has 3 rings (SSSR count). The molecule has 0 radical (unpaired) electrons. The van der Waals surface area contributed by atoms with E-state index in [1.807, 2.05) is 6.92 Å². The minimum Gasteiger partial charge on any atom is -0.460 e. The highest BCUT2D eigenvalue weighted by Gasteiger charge is 2.49. The lowest BCUT2D eigenvalue weighted by Crippen LogP contribution is -2.54. The lowest BCUT2D eigenvalue weighted by atomic mass is 9.71. The van der Waals surface area contributed by atoms with E-state index in [0.29, 0.717) is 4.60 Å². The molecule has 1 amide bonds. The minimum absolute atomic E-state index is 0.0150. The summed E-state index contributed by atoms with van der Waals surface area (Å²) in [6, 6.07) is 1.08. The molecule has 35 heavy (non-hydrogen) atoms. The molecule has 2 aliphatic heterocycles. The molecule has 2 fully saturated rings. The zero-order chi connectivity index (χ0) is 26.4. The van der Waals surface area contributed by atoms with Gasteiger partial charge in [-0.05, 0) is 83.3 Å². The number of hydrogen-bond donors (Lipinski definition) is 1. The predicted molar refractivity (Wildman–Crippen MR) is 130 cm³/mol. The number of aliphatic hydroxyl groups is 1. The molecule has 2 saturated heterocycles. The molecule has 1 N–H and O–H groups in total. The Bertz CT molecular complexity index is 985. The van der Waals surface area contributed by atoms with Crippen molar-refractivity contribution in [2.24, 2.45) is 5.41 Å². The van der Waals surface area contributed by atoms with Gasteiger partial charge in [-0.2, -0.15) is 0 Å². The quantitative estimate of drug-likeness (QED) is 0.429. The largest absolute Gasteiger partial charge is 0.460 e. The standard InChI is InChI=1S/C25H36BrFN2O6/c1-15-11-24(20(30)34-22(2,3)4,8-9-29(15)21(31)35-23(5,6)7)12-17-19(27)16(10-18(26)28-17)25(32)13-33-14-25/h10,15,32H,8-9,11-14H2,1-7H3/t15-,24-/m1/s1. The third-order valence-electron chi connectivity index (χ3n) is 6.19. The fourth-order valence-corrected chi connectivity index (χ4v) is 4.95. The van der Waals surface area contributed by atoms with E-state index in [2.05, 4.69) is 20.9 Å². The maximum absolute atomic E-state index is 15.6. The number of nitrogens with zero attached hydrogens (tertiary/aromatic N) is 2. The Morgan fingerprint density at radius 1 is 1.23 bits per heavy atom. The number of esters is 1. The van der Waals surface area contributed by atoms with Crippen LogP contribution >= 0.6 is 15.9 Å². The van der Waals surface area contributed by atoms with Crippen LogP contribution in [0.4, 0.5) is 9.18 Å². The number of carbonyl (C=O) groups is 2. The van der Waals surface area contributed by atoms with Crippen LogP contribution < -0.4 is 0 Å². The average molecular weight is 559 g/mol. The molecule has 8 nitrogen and oxygen atoms in total. The number of aromatic nitrogens is 1. The molecule has 0 saturated carbocycles. The van der Waals surface area contributed by atoms with Crippen LogP contribution in [0.15, 0.2) is 10.7 Å². The predicted octanol–water partition coefficient (Wildman–Crippen LogP) is 4.49. The third-order valence-corrected chi connectivity index (χ3v) is 6.60. The molecule has 1 aromatic heterocycles. The molecule has 196 valence electrons. The van der Waals surface area contributed by atoms with Crippen LogP contribution in [0, 0.1) is 11.2 Å². The second kappa shape index (κ2) is 9.59. The summed E-state index contributed by atoms with van der Waals surface area (Å²) in [5.41, 5.74) is -3.81. The van der Waals surface area contributed by atoms with Gasteiger partial charge in [0, 0.05) is 24.6 Å². The van der Waals surface area contributed by atoms with Crippen molar-refractivity contribution < 1.29 is 33.3 Å². The van der Waals surface area contributed by atoms with Crippen molar-refractivity contribution in [1.82, 2.24) is 9.88 Å². The van der Waals surface area contributed by atoms with Crippen LogP contribution in [-0.2, 0) is 31.0 Å². The summed E-state index contributed by atoms with van der Waals surface area (Å²) < 4.78 is 32.4. The van der Waals surface area contributed by atoms with Crippen LogP contribution in [0.5, 0.6) is 0 Å². The van der Waals surface area contributed by atoms with E-state index in [4.69, 9.17) is 14.2 Å². The zero-order valence-corrected chi connectivity index (χ0v) is 23.1. The maximum atomic E-state index is 15.6. The minimum atomic E-state index is -1.43. The van der Waals surface area contributed by atoms with Crippen molar-refractivity contribution in [2.45, 2.75) is 90.6 Å². The van der Waals surface area contributed by atoms with Crippen molar-refractivity contribution in [3.8, 4) is 0 Å². The molecule has 0 unspecified atom stereocenters. The summed E-state index contributed by atoms with van der Waals surface area (Å²) in [7, 11) is 0. The first-order valence-electron chi connectivity index (χ1n) is 11.8. The first-order chi connectivity index (χ1) is 15.9. The van der Waals surface area contributed by atoms with Gasteiger partial charge in [0.1, 0.15) is 21.4 Å². The fraction of sp³-hybridized carbons (Fsp3) is 0.720. The van der Waals surface area contributed by atoms with Gasteiger partial charge in [-0.15, -0.1) is 0 Å². The molecular formula is C25H36BrFN2O6. The molecule has 0 aromatic carbocycles. The van der Waals surface area contributed by atoms with Gasteiger partial charge >= 0.3 is 12.1 Å². The molecule has 2 aliphatic rings. The first-order valence-corrected chi connectivity index (χ1v) is 12.6. The van der Waals surface area contributed by atoms with Gasteiger partial charge in [0.2, 0.25) is 0 Å². The Morgan fingerprint density at radius 2 is 1.83 bits per heavy atom. The Balaban J connectivity index is 1.95. The van der Waals surface area contributed by atoms with E-state index >= 15 is 4.39 Å². The molecule has 0 bridgehead atoms. The van der Waals surface area contributed by atoms with E-state index in [-0.39, 0.29) is 56.3 Å². The molecule has 0 spiro atoms. The van der Waals surface area contributed by atoms with E-state index in [1.54, 1.807) is 46.4 Å². The SMILES string of the molecule is C[C@@H]1C[C@](Cc2nc(Br)cc(C3(O)COC3)c2F)(C(=O)OC(C)(C)C)CCN1C(=O)OC(C)(C)C. The number of pyridine rings is 1. The van der Waals surface area contributed by atoms with E-state index in [9.17, 15) is 14.7 Å². The number of ether oxygens (including phenoxy) is 3. The van der Waals surface area contributed by atoms with Crippen molar-refractivity contribution in [3.63, 3.8) is 0 Å². The van der Waals surface area contributed by atoms with Crippen LogP contribution in [0.2, 0.25) is 0 Å². The van der Waals surface area contributed by atoms with Crippen LogP contribution in [-0.4, -0.2) is 64.1 Å². The van der Waals surface area contributed by atoms with E-state index in [1.165, 1.54) is 6.07 Å². The lowest BCUT2D eigenvalue weighted by Gasteiger charge is -2.45. The van der Waals surface area contributed by atoms with Crippen LogP contribution in [0.3, 0.4) is 0 Å². The maximum Gasteiger partial charge on any atom is 0.410 e. The summed E-state index contributed by atoms with van der Waals surface area (Å²) >= 11 is 3.31. The number of rotatable bonds is 4. The number of piperidine rings is 1. The van der Waals surface area contributed by atoms with Gasteiger partial charge in [0.05, 0.1) is 24.3 Å². The highest BCUT2D eigenvalue weighted by Crippen LogP contribution is 2.42. The molecule has 3 heterocycles. The normalized spacial score (nSPS) is 24.5. The summed E-state index contributed by atoms with van der Waals surface area (Å²) in [4.78, 5) is 32.2. The molecule has 2 atom stereocenters. The van der Waals surface area contributed by atoms with Gasteiger partial charge in [0.25, 0.3) is 0 Å². The van der Waals surface area contributed by atoms with Crippen molar-refractivity contribution in [3.05, 3.63) is 27.7 Å². The third kappa shape index (κ3) is 6.32. The Hall–Kier alpha value is -1.78. The Morgan fingerprint density at radius 3 is 2.31 bits per heavy atom. The van der Waals surface area contributed by atoms with Crippen molar-refractivity contribution in [1.29, 1.82) is 0 Å². The summed E-state index contributed by atoms with van der Waals surface area (Å²) in [6.45, 7) is 12.8. The number of carbonyl (C=O) groups excluding carboxylic acids is 2. The van der Waals surface area contributed by atoms with Crippen LogP contribution in [0.1, 0.15) is 72.6 Å². The highest BCUT2D eigenvalue weighted by atomic mass is 79.9. The van der Waals surface area contributed by atoms with Crippen molar-refractivity contribution >= 4 is 28.0 Å². The fourth-order valence-electron chi connectivity index (χ4n) is 4.50. The lowest BCUT2D eigenvalue weighted by molar-refractivity contribution is -0.186. The van der Waals surface area contributed by atoms with Gasteiger partial charge in [-0.25, -0.2) is 14.2 Å². The summed E-state index contributed by atoms with van der Waals surface area (Å²) in [5, 5.41) is 10.7. The topological polar surface area (TPSA) is 98.2 Å². The highest BCUT2D eigenvalue weighted by molar-refractivity contribution is 9.10.